The summed E-state index contributed by atoms with van der Waals surface area (Å²) in [5.74, 6) is -2.93. The minimum Gasteiger partial charge on any atom is -0.466 e. The van der Waals surface area contributed by atoms with E-state index in [9.17, 15) is 35.9 Å². The third-order valence-corrected chi connectivity index (χ3v) is 2.29. The van der Waals surface area contributed by atoms with E-state index >= 15 is 0 Å². The molecule has 0 bridgehead atoms. The number of pyridine rings is 1. The number of rotatable bonds is 4. The van der Waals surface area contributed by atoms with Crippen molar-refractivity contribution in [3.63, 3.8) is 0 Å². The molecule has 1 aromatic heterocycles. The first-order chi connectivity index (χ1) is 9.95. The van der Waals surface area contributed by atoms with Crippen molar-refractivity contribution in [3.05, 3.63) is 27.7 Å². The van der Waals surface area contributed by atoms with E-state index in [0.717, 1.165) is 0 Å². The third kappa shape index (κ3) is 4.67. The van der Waals surface area contributed by atoms with Crippen LogP contribution < -0.4 is 10.3 Å². The predicted molar refractivity (Wildman–Crippen MR) is 59.1 cm³/mol. The van der Waals surface area contributed by atoms with Crippen LogP contribution >= 0.6 is 0 Å². The Morgan fingerprint density at radius 2 is 1.82 bits per heavy atom. The topological polar surface area (TPSA) is 68.4 Å². The van der Waals surface area contributed by atoms with Crippen molar-refractivity contribution >= 4 is 5.97 Å². The Morgan fingerprint density at radius 3 is 2.27 bits per heavy atom. The van der Waals surface area contributed by atoms with Crippen LogP contribution in [-0.2, 0) is 22.1 Å². The molecule has 11 heteroatoms. The molecular weight excluding hydrogens is 324 g/mol. The molecule has 0 saturated carbocycles. The van der Waals surface area contributed by atoms with Gasteiger partial charge in [0.25, 0.3) is 5.56 Å². The molecular formula is C11H9F6NO4. The van der Waals surface area contributed by atoms with Crippen molar-refractivity contribution in [2.24, 2.45) is 0 Å². The number of ether oxygens (including phenoxy) is 2. The molecule has 124 valence electrons. The minimum atomic E-state index is -5.47. The Kier molecular flexibility index (Phi) is 5.09. The molecule has 1 aromatic rings. The highest BCUT2D eigenvalue weighted by molar-refractivity contribution is 5.73. The number of hydrogen-bond donors (Lipinski definition) is 1. The van der Waals surface area contributed by atoms with Crippen LogP contribution in [0.4, 0.5) is 26.3 Å². The van der Waals surface area contributed by atoms with Crippen LogP contribution in [0.5, 0.6) is 5.75 Å². The number of hydrogen-bond acceptors (Lipinski definition) is 4. The molecule has 0 amide bonds. The zero-order valence-electron chi connectivity index (χ0n) is 10.9. The standard InChI is InChI=1S/C11H9F6NO4/c1-2-21-7(19)3-5-8(22-11(15,16)17)6(10(12,13)14)4-18-9(5)20/h4H,2-3H2,1H3,(H,18,20). The second-order valence-corrected chi connectivity index (χ2v) is 3.87. The summed E-state index contributed by atoms with van der Waals surface area (Å²) in [6, 6.07) is 0. The van der Waals surface area contributed by atoms with Gasteiger partial charge in [-0.1, -0.05) is 0 Å². The van der Waals surface area contributed by atoms with E-state index in [2.05, 4.69) is 9.47 Å². The number of aromatic amines is 1. The van der Waals surface area contributed by atoms with Gasteiger partial charge in [0.1, 0.15) is 5.56 Å². The fourth-order valence-corrected chi connectivity index (χ4v) is 1.52. The molecule has 0 radical (unpaired) electrons. The number of halogens is 6. The number of aromatic nitrogens is 1. The van der Waals surface area contributed by atoms with Crippen molar-refractivity contribution in [2.75, 3.05) is 6.61 Å². The first-order valence-corrected chi connectivity index (χ1v) is 5.68. The highest BCUT2D eigenvalue weighted by Gasteiger charge is 2.41. The predicted octanol–water partition coefficient (Wildman–Crippen LogP) is 2.40. The van der Waals surface area contributed by atoms with Gasteiger partial charge >= 0.3 is 18.5 Å². The molecule has 0 spiro atoms. The maximum Gasteiger partial charge on any atom is 0.573 e. The lowest BCUT2D eigenvalue weighted by Gasteiger charge is -2.17. The number of carbonyl (C=O) groups excluding carboxylic acids is 1. The molecule has 0 unspecified atom stereocenters. The quantitative estimate of drug-likeness (QED) is 0.679. The average Bonchev–Trinajstić information content (AvgIpc) is 2.30. The van der Waals surface area contributed by atoms with Crippen LogP contribution in [0.3, 0.4) is 0 Å². The highest BCUT2D eigenvalue weighted by atomic mass is 19.4. The minimum absolute atomic E-state index is 0.0397. The largest absolute Gasteiger partial charge is 0.573 e. The van der Waals surface area contributed by atoms with E-state index in [0.29, 0.717) is 0 Å². The molecule has 22 heavy (non-hydrogen) atoms. The molecule has 1 N–H and O–H groups in total. The fourth-order valence-electron chi connectivity index (χ4n) is 1.52. The lowest BCUT2D eigenvalue weighted by molar-refractivity contribution is -0.276. The van der Waals surface area contributed by atoms with Gasteiger partial charge in [0.2, 0.25) is 0 Å². The SMILES string of the molecule is CCOC(=O)Cc1c(OC(F)(F)F)c(C(F)(F)F)c[nH]c1=O. The summed E-state index contributed by atoms with van der Waals surface area (Å²) in [6.45, 7) is 1.21. The molecule has 0 aliphatic heterocycles. The first kappa shape index (κ1) is 17.9. The van der Waals surface area contributed by atoms with Crippen LogP contribution in [0.15, 0.2) is 11.0 Å². The zero-order valence-corrected chi connectivity index (χ0v) is 10.9. The van der Waals surface area contributed by atoms with E-state index in [1.54, 1.807) is 4.98 Å². The molecule has 0 fully saturated rings. The smallest absolute Gasteiger partial charge is 0.466 e. The number of esters is 1. The molecule has 0 atom stereocenters. The number of carbonyl (C=O) groups is 1. The van der Waals surface area contributed by atoms with E-state index < -0.39 is 47.4 Å². The second-order valence-electron chi connectivity index (χ2n) is 3.87. The second kappa shape index (κ2) is 6.28. The van der Waals surface area contributed by atoms with Crippen molar-refractivity contribution in [1.82, 2.24) is 4.98 Å². The van der Waals surface area contributed by atoms with E-state index in [1.807, 2.05) is 0 Å². The van der Waals surface area contributed by atoms with Crippen LogP contribution in [0, 0.1) is 0 Å². The van der Waals surface area contributed by atoms with Crippen molar-refractivity contribution < 1.29 is 40.6 Å². The van der Waals surface area contributed by atoms with E-state index in [-0.39, 0.29) is 12.8 Å². The molecule has 0 aliphatic rings. The van der Waals surface area contributed by atoms with Crippen LogP contribution in [0.25, 0.3) is 0 Å². The number of alkyl halides is 6. The van der Waals surface area contributed by atoms with Gasteiger partial charge in [0, 0.05) is 6.20 Å². The molecule has 1 heterocycles. The number of H-pyrrole nitrogens is 1. The molecule has 0 aromatic carbocycles. The van der Waals surface area contributed by atoms with Gasteiger partial charge in [0.15, 0.2) is 5.75 Å². The molecule has 5 nitrogen and oxygen atoms in total. The lowest BCUT2D eigenvalue weighted by Crippen LogP contribution is -2.27. The van der Waals surface area contributed by atoms with Gasteiger partial charge in [-0.2, -0.15) is 13.2 Å². The van der Waals surface area contributed by atoms with Gasteiger partial charge in [0.05, 0.1) is 18.6 Å². The highest BCUT2D eigenvalue weighted by Crippen LogP contribution is 2.39. The van der Waals surface area contributed by atoms with E-state index in [4.69, 9.17) is 0 Å². The van der Waals surface area contributed by atoms with Crippen molar-refractivity contribution in [1.29, 1.82) is 0 Å². The Morgan fingerprint density at radius 1 is 1.23 bits per heavy atom. The Labute approximate surface area is 118 Å². The zero-order chi connectivity index (χ0) is 17.1. The molecule has 0 saturated heterocycles. The monoisotopic (exact) mass is 333 g/mol. The van der Waals surface area contributed by atoms with Gasteiger partial charge in [-0.05, 0) is 6.92 Å². The van der Waals surface area contributed by atoms with Gasteiger partial charge in [-0.15, -0.1) is 13.2 Å². The summed E-state index contributed by atoms with van der Waals surface area (Å²) < 4.78 is 82.8. The normalized spacial score (nSPS) is 12.1. The number of nitrogens with one attached hydrogen (secondary N) is 1. The maximum atomic E-state index is 12.7. The first-order valence-electron chi connectivity index (χ1n) is 5.68. The molecule has 0 aliphatic carbocycles. The maximum absolute atomic E-state index is 12.7. The fraction of sp³-hybridized carbons (Fsp3) is 0.455. The average molecular weight is 333 g/mol. The Balaban J connectivity index is 3.45. The summed E-state index contributed by atoms with van der Waals surface area (Å²) in [7, 11) is 0. The summed E-state index contributed by atoms with van der Waals surface area (Å²) in [4.78, 5) is 24.3. The summed E-state index contributed by atoms with van der Waals surface area (Å²) in [6.07, 6.45) is -11.8. The molecule has 1 rings (SSSR count). The van der Waals surface area contributed by atoms with Crippen molar-refractivity contribution in [2.45, 2.75) is 25.9 Å². The third-order valence-electron chi connectivity index (χ3n) is 2.29. The van der Waals surface area contributed by atoms with E-state index in [1.165, 1.54) is 6.92 Å². The summed E-state index contributed by atoms with van der Waals surface area (Å²) in [5.41, 5.74) is -4.30. The van der Waals surface area contributed by atoms with Gasteiger partial charge in [-0.25, -0.2) is 0 Å². The van der Waals surface area contributed by atoms with Gasteiger partial charge < -0.3 is 14.5 Å². The summed E-state index contributed by atoms with van der Waals surface area (Å²) >= 11 is 0. The van der Waals surface area contributed by atoms with Crippen LogP contribution in [0.2, 0.25) is 0 Å². The van der Waals surface area contributed by atoms with Crippen LogP contribution in [0.1, 0.15) is 18.1 Å². The van der Waals surface area contributed by atoms with Crippen molar-refractivity contribution in [3.8, 4) is 5.75 Å². The Bertz CT molecular complexity index is 604. The van der Waals surface area contributed by atoms with Crippen LogP contribution in [-0.4, -0.2) is 23.9 Å². The van der Waals surface area contributed by atoms with Gasteiger partial charge in [-0.3, -0.25) is 9.59 Å². The lowest BCUT2D eigenvalue weighted by atomic mass is 10.1. The summed E-state index contributed by atoms with van der Waals surface area (Å²) in [5, 5.41) is 0. The Hall–Kier alpha value is -2.20.